The second kappa shape index (κ2) is 5.04. The minimum absolute atomic E-state index is 0.335. The Morgan fingerprint density at radius 3 is 2.60 bits per heavy atom. The predicted molar refractivity (Wildman–Crippen MR) is 55.3 cm³/mol. The summed E-state index contributed by atoms with van der Waals surface area (Å²) in [6.45, 7) is 0. The Bertz CT molecular complexity index is 410. The third-order valence-electron chi connectivity index (χ3n) is 1.62. The number of esters is 1. The summed E-state index contributed by atoms with van der Waals surface area (Å²) in [5.41, 5.74) is 0.335. The zero-order chi connectivity index (χ0) is 11.4. The van der Waals surface area contributed by atoms with E-state index in [0.717, 1.165) is 7.11 Å². The number of ether oxygens (including phenoxy) is 1. The maximum Gasteiger partial charge on any atom is 0.374 e. The van der Waals surface area contributed by atoms with Gasteiger partial charge in [-0.15, -0.1) is 11.3 Å². The first-order valence-corrected chi connectivity index (χ1v) is 5.18. The van der Waals surface area contributed by atoms with Gasteiger partial charge in [0.05, 0.1) is 17.9 Å². The smallest absolute Gasteiger partial charge is 0.374 e. The van der Waals surface area contributed by atoms with E-state index in [1.54, 1.807) is 0 Å². The van der Waals surface area contributed by atoms with Crippen LogP contribution in [0.3, 0.4) is 0 Å². The molecule has 0 N–H and O–H groups in total. The summed E-state index contributed by atoms with van der Waals surface area (Å²) in [6, 6.07) is 1.46. The van der Waals surface area contributed by atoms with Crippen LogP contribution in [0.25, 0.3) is 0 Å². The van der Waals surface area contributed by atoms with Crippen LogP contribution in [0.1, 0.15) is 16.8 Å². The molecule has 80 valence electrons. The van der Waals surface area contributed by atoms with Crippen molar-refractivity contribution in [1.82, 2.24) is 0 Å². The normalized spacial score (nSPS) is 9.73. The van der Waals surface area contributed by atoms with Crippen molar-refractivity contribution in [2.75, 3.05) is 7.11 Å². The Kier molecular flexibility index (Phi) is 3.99. The monoisotopic (exact) mass is 246 g/mol. The van der Waals surface area contributed by atoms with E-state index in [1.165, 1.54) is 22.8 Å². The molecule has 0 bridgehead atoms. The number of methoxy groups -OCH3 is 1. The van der Waals surface area contributed by atoms with Crippen LogP contribution in [-0.4, -0.2) is 24.6 Å². The van der Waals surface area contributed by atoms with Crippen LogP contribution in [0.15, 0.2) is 11.4 Å². The van der Waals surface area contributed by atoms with Crippen LogP contribution < -0.4 is 0 Å². The lowest BCUT2D eigenvalue weighted by molar-refractivity contribution is -0.151. The number of carbonyl (C=O) groups is 3. The summed E-state index contributed by atoms with van der Waals surface area (Å²) in [5, 5.41) is 1.54. The number of hydrogen-bond acceptors (Lipinski definition) is 5. The highest BCUT2D eigenvalue weighted by molar-refractivity contribution is 7.14. The molecule has 0 fully saturated rings. The van der Waals surface area contributed by atoms with E-state index in [4.69, 9.17) is 11.6 Å². The number of thiophene rings is 1. The predicted octanol–water partition coefficient (Wildman–Crippen LogP) is 1.72. The van der Waals surface area contributed by atoms with Crippen molar-refractivity contribution in [2.45, 2.75) is 6.42 Å². The van der Waals surface area contributed by atoms with E-state index in [2.05, 4.69) is 4.74 Å². The van der Waals surface area contributed by atoms with Crippen LogP contribution in [0, 0.1) is 0 Å². The summed E-state index contributed by atoms with van der Waals surface area (Å²) >= 11 is 6.81. The van der Waals surface area contributed by atoms with Gasteiger partial charge in [-0.25, -0.2) is 4.79 Å². The number of rotatable bonds is 4. The summed E-state index contributed by atoms with van der Waals surface area (Å²) in [7, 11) is 1.09. The van der Waals surface area contributed by atoms with Gasteiger partial charge in [0, 0.05) is 10.9 Å². The minimum Gasteiger partial charge on any atom is -0.463 e. The maximum absolute atomic E-state index is 11.4. The summed E-state index contributed by atoms with van der Waals surface area (Å²) in [4.78, 5) is 33.2. The molecule has 0 aliphatic carbocycles. The lowest BCUT2D eigenvalue weighted by atomic mass is 10.1. The number of halogens is 1. The first-order chi connectivity index (χ1) is 7.04. The van der Waals surface area contributed by atoms with E-state index in [9.17, 15) is 14.4 Å². The van der Waals surface area contributed by atoms with E-state index in [0.29, 0.717) is 9.90 Å². The molecule has 0 saturated carbocycles. The van der Waals surface area contributed by atoms with E-state index in [1.807, 2.05) is 0 Å². The molecule has 4 nitrogen and oxygen atoms in total. The van der Waals surface area contributed by atoms with Gasteiger partial charge in [-0.1, -0.05) is 11.6 Å². The lowest BCUT2D eigenvalue weighted by Gasteiger charge is -1.96. The standard InChI is InChI=1S/C9H7ClO4S/c1-14-9(13)7(12)3-6(11)5-2-8(10)15-4-5/h2,4H,3H2,1H3. The quantitative estimate of drug-likeness (QED) is 0.351. The first kappa shape index (κ1) is 11.9. The molecular formula is C9H7ClO4S. The average Bonchev–Trinajstić information content (AvgIpc) is 2.63. The fourth-order valence-corrected chi connectivity index (χ4v) is 1.78. The Hall–Kier alpha value is -1.20. The van der Waals surface area contributed by atoms with E-state index < -0.39 is 24.0 Å². The molecule has 1 aromatic rings. The molecule has 0 aliphatic heterocycles. The van der Waals surface area contributed by atoms with Gasteiger partial charge in [0.1, 0.15) is 0 Å². The van der Waals surface area contributed by atoms with Crippen LogP contribution in [0.4, 0.5) is 0 Å². The highest BCUT2D eigenvalue weighted by Crippen LogP contribution is 2.20. The molecule has 6 heteroatoms. The van der Waals surface area contributed by atoms with Crippen LogP contribution in [0.2, 0.25) is 4.34 Å². The van der Waals surface area contributed by atoms with Crippen molar-refractivity contribution in [3.8, 4) is 0 Å². The zero-order valence-corrected chi connectivity index (χ0v) is 9.35. The molecule has 0 unspecified atom stereocenters. The van der Waals surface area contributed by atoms with Crippen LogP contribution in [0.5, 0.6) is 0 Å². The Morgan fingerprint density at radius 2 is 2.13 bits per heavy atom. The highest BCUT2D eigenvalue weighted by Gasteiger charge is 2.19. The number of hydrogen-bond donors (Lipinski definition) is 0. The molecule has 0 atom stereocenters. The summed E-state index contributed by atoms with van der Waals surface area (Å²) < 4.78 is 4.65. The topological polar surface area (TPSA) is 60.4 Å². The fraction of sp³-hybridized carbons (Fsp3) is 0.222. The maximum atomic E-state index is 11.4. The molecule has 0 radical (unpaired) electrons. The van der Waals surface area contributed by atoms with Gasteiger partial charge in [-0.2, -0.15) is 0 Å². The molecule has 15 heavy (non-hydrogen) atoms. The Labute approximate surface area is 94.8 Å². The molecule has 0 aliphatic rings. The van der Waals surface area contributed by atoms with Gasteiger partial charge in [-0.05, 0) is 6.07 Å². The molecule has 1 heterocycles. The van der Waals surface area contributed by atoms with E-state index >= 15 is 0 Å². The third-order valence-corrected chi connectivity index (χ3v) is 2.71. The molecular weight excluding hydrogens is 240 g/mol. The van der Waals surface area contributed by atoms with Crippen molar-refractivity contribution in [3.05, 3.63) is 21.3 Å². The molecule has 1 rings (SSSR count). The van der Waals surface area contributed by atoms with Gasteiger partial charge >= 0.3 is 5.97 Å². The Balaban J connectivity index is 2.64. The van der Waals surface area contributed by atoms with Crippen molar-refractivity contribution >= 4 is 40.5 Å². The molecule has 0 aromatic carbocycles. The van der Waals surface area contributed by atoms with Crippen molar-refractivity contribution in [2.24, 2.45) is 0 Å². The Morgan fingerprint density at radius 1 is 1.47 bits per heavy atom. The molecule has 1 aromatic heterocycles. The van der Waals surface area contributed by atoms with Crippen molar-refractivity contribution in [3.63, 3.8) is 0 Å². The summed E-state index contributed by atoms with van der Waals surface area (Å²) in [5.74, 6) is -2.30. The van der Waals surface area contributed by atoms with Gasteiger partial charge < -0.3 is 4.74 Å². The van der Waals surface area contributed by atoms with Crippen molar-refractivity contribution in [1.29, 1.82) is 0 Å². The molecule has 0 amide bonds. The summed E-state index contributed by atoms with van der Waals surface area (Å²) in [6.07, 6.45) is -0.486. The van der Waals surface area contributed by atoms with Crippen molar-refractivity contribution < 1.29 is 19.1 Å². The highest BCUT2D eigenvalue weighted by atomic mass is 35.5. The third kappa shape index (κ3) is 3.14. The largest absolute Gasteiger partial charge is 0.463 e. The van der Waals surface area contributed by atoms with Gasteiger partial charge in [0.15, 0.2) is 5.78 Å². The van der Waals surface area contributed by atoms with Crippen LogP contribution in [-0.2, 0) is 14.3 Å². The van der Waals surface area contributed by atoms with E-state index in [-0.39, 0.29) is 0 Å². The van der Waals surface area contributed by atoms with Gasteiger partial charge in [0.25, 0.3) is 0 Å². The lowest BCUT2D eigenvalue weighted by Crippen LogP contribution is -2.19. The minimum atomic E-state index is -1.01. The number of carbonyl (C=O) groups excluding carboxylic acids is 3. The molecule has 0 saturated heterocycles. The van der Waals surface area contributed by atoms with Gasteiger partial charge in [0.2, 0.25) is 5.78 Å². The fourth-order valence-electron chi connectivity index (χ4n) is 0.890. The second-order valence-corrected chi connectivity index (χ2v) is 4.20. The second-order valence-electron chi connectivity index (χ2n) is 2.65. The number of ketones is 2. The average molecular weight is 247 g/mol. The van der Waals surface area contributed by atoms with Crippen LogP contribution >= 0.6 is 22.9 Å². The first-order valence-electron chi connectivity index (χ1n) is 3.93. The molecule has 0 spiro atoms. The number of Topliss-reactive ketones (excluding diaryl/α,β-unsaturated/α-hetero) is 2. The zero-order valence-electron chi connectivity index (χ0n) is 7.78. The SMILES string of the molecule is COC(=O)C(=O)CC(=O)c1csc(Cl)c1. The van der Waals surface area contributed by atoms with Gasteiger partial charge in [-0.3, -0.25) is 9.59 Å².